The monoisotopic (exact) mass is 339 g/mol. The highest BCUT2D eigenvalue weighted by atomic mass is 79.9. The molecule has 1 aromatic carbocycles. The van der Waals surface area contributed by atoms with Gasteiger partial charge in [0, 0.05) is 29.6 Å². The summed E-state index contributed by atoms with van der Waals surface area (Å²) < 4.78 is 11.4. The summed E-state index contributed by atoms with van der Waals surface area (Å²) in [6.45, 7) is 2.64. The Balaban J connectivity index is 2.16. The first-order valence-corrected chi connectivity index (χ1v) is 7.18. The number of methoxy groups -OCH3 is 1. The molecular weight excluding hydrogens is 322 g/mol. The maximum Gasteiger partial charge on any atom is 0.228 e. The van der Waals surface area contributed by atoms with E-state index in [1.807, 2.05) is 32.2 Å². The van der Waals surface area contributed by atoms with Gasteiger partial charge >= 0.3 is 0 Å². The molecule has 0 spiro atoms. The quantitative estimate of drug-likeness (QED) is 0.876. The zero-order valence-corrected chi connectivity index (χ0v) is 13.4. The highest BCUT2D eigenvalue weighted by Crippen LogP contribution is 2.27. The van der Waals surface area contributed by atoms with E-state index in [9.17, 15) is 0 Å². The molecule has 1 unspecified atom stereocenters. The zero-order valence-electron chi connectivity index (χ0n) is 11.8. The van der Waals surface area contributed by atoms with Crippen LogP contribution in [0.3, 0.4) is 0 Å². The molecule has 1 atom stereocenters. The van der Waals surface area contributed by atoms with E-state index in [4.69, 9.17) is 9.26 Å². The smallest absolute Gasteiger partial charge is 0.228 e. The molecule has 0 radical (unpaired) electrons. The lowest BCUT2D eigenvalue weighted by Gasteiger charge is -2.11. The third-order valence-electron chi connectivity index (χ3n) is 3.03. The van der Waals surface area contributed by atoms with Gasteiger partial charge in [-0.25, -0.2) is 0 Å². The van der Waals surface area contributed by atoms with E-state index in [1.165, 1.54) is 5.56 Å². The molecule has 0 bridgehead atoms. The lowest BCUT2D eigenvalue weighted by molar-refractivity contribution is 0.165. The second kappa shape index (κ2) is 6.97. The zero-order chi connectivity index (χ0) is 14.5. The first-order chi connectivity index (χ1) is 9.63. The molecule has 108 valence electrons. The van der Waals surface area contributed by atoms with E-state index >= 15 is 0 Å². The van der Waals surface area contributed by atoms with Crippen LogP contribution >= 0.6 is 15.9 Å². The van der Waals surface area contributed by atoms with Gasteiger partial charge in [0.2, 0.25) is 11.7 Å². The summed E-state index contributed by atoms with van der Waals surface area (Å²) in [7, 11) is 3.56. The number of ether oxygens (including phenoxy) is 1. The molecule has 0 fully saturated rings. The van der Waals surface area contributed by atoms with Crippen LogP contribution in [0.2, 0.25) is 0 Å². The number of aryl methyl sites for hydroxylation is 1. The molecule has 0 saturated heterocycles. The highest BCUT2D eigenvalue weighted by Gasteiger charge is 2.15. The Bertz CT molecular complexity index is 571. The van der Waals surface area contributed by atoms with Gasteiger partial charge in [0.1, 0.15) is 0 Å². The van der Waals surface area contributed by atoms with Crippen molar-refractivity contribution < 1.29 is 9.26 Å². The van der Waals surface area contributed by atoms with Crippen molar-refractivity contribution in [1.29, 1.82) is 0 Å². The number of hydrogen-bond acceptors (Lipinski definition) is 5. The van der Waals surface area contributed by atoms with Crippen molar-refractivity contribution >= 4 is 15.9 Å². The minimum absolute atomic E-state index is 0.162. The Morgan fingerprint density at radius 2 is 2.25 bits per heavy atom. The number of rotatable bonds is 6. The molecule has 0 aliphatic heterocycles. The van der Waals surface area contributed by atoms with Crippen molar-refractivity contribution in [2.75, 3.05) is 20.8 Å². The van der Waals surface area contributed by atoms with Gasteiger partial charge < -0.3 is 14.6 Å². The topological polar surface area (TPSA) is 60.2 Å². The van der Waals surface area contributed by atoms with Gasteiger partial charge in [0.15, 0.2) is 0 Å². The fourth-order valence-electron chi connectivity index (χ4n) is 1.90. The molecule has 1 heterocycles. The summed E-state index contributed by atoms with van der Waals surface area (Å²) in [5.41, 5.74) is 2.11. The molecule has 1 N–H and O–H groups in total. The third kappa shape index (κ3) is 3.65. The number of aromatic nitrogens is 2. The lowest BCUT2D eigenvalue weighted by atomic mass is 10.1. The van der Waals surface area contributed by atoms with Gasteiger partial charge in [0.25, 0.3) is 0 Å². The first kappa shape index (κ1) is 15.2. The number of halogens is 1. The summed E-state index contributed by atoms with van der Waals surface area (Å²) in [4.78, 5) is 4.44. The summed E-state index contributed by atoms with van der Waals surface area (Å²) in [5.74, 6) is 1.20. The number of likely N-dealkylation sites (N-methyl/N-ethyl adjacent to an activating group) is 1. The molecule has 2 rings (SSSR count). The van der Waals surface area contributed by atoms with Crippen LogP contribution in [0, 0.1) is 6.92 Å². The van der Waals surface area contributed by atoms with Crippen LogP contribution in [0.5, 0.6) is 0 Å². The van der Waals surface area contributed by atoms with Crippen LogP contribution in [0.15, 0.2) is 27.2 Å². The molecule has 0 aliphatic carbocycles. The van der Waals surface area contributed by atoms with Crippen LogP contribution in [0.1, 0.15) is 11.5 Å². The molecule has 2 aromatic rings. The summed E-state index contributed by atoms with van der Waals surface area (Å²) in [6, 6.07) is 6.21. The van der Waals surface area contributed by atoms with Crippen LogP contribution in [0.25, 0.3) is 11.4 Å². The molecule has 0 aliphatic rings. The van der Waals surface area contributed by atoms with Crippen molar-refractivity contribution in [3.63, 3.8) is 0 Å². The number of nitrogens with zero attached hydrogens (tertiary/aromatic N) is 2. The average Bonchev–Trinajstić information content (AvgIpc) is 2.86. The van der Waals surface area contributed by atoms with Gasteiger partial charge in [-0.15, -0.1) is 0 Å². The van der Waals surface area contributed by atoms with Crippen molar-refractivity contribution in [3.8, 4) is 11.4 Å². The van der Waals surface area contributed by atoms with Gasteiger partial charge in [-0.3, -0.25) is 0 Å². The van der Waals surface area contributed by atoms with E-state index in [-0.39, 0.29) is 6.04 Å². The number of nitrogens with one attached hydrogen (secondary N) is 1. The highest BCUT2D eigenvalue weighted by molar-refractivity contribution is 9.10. The van der Waals surface area contributed by atoms with Gasteiger partial charge in [0.05, 0.1) is 6.61 Å². The Kier molecular flexibility index (Phi) is 5.28. The van der Waals surface area contributed by atoms with Crippen molar-refractivity contribution in [2.45, 2.75) is 19.4 Å². The predicted octanol–water partition coefficient (Wildman–Crippen LogP) is 2.58. The second-order valence-electron chi connectivity index (χ2n) is 4.64. The minimum atomic E-state index is 0.162. The lowest BCUT2D eigenvalue weighted by Crippen LogP contribution is -2.32. The van der Waals surface area contributed by atoms with Crippen molar-refractivity contribution in [2.24, 2.45) is 0 Å². The van der Waals surface area contributed by atoms with Gasteiger partial charge in [-0.1, -0.05) is 27.2 Å². The standard InChI is InChI=1S/C14H18BrN3O2/c1-9-4-5-11(12(15)6-9)14-17-13(20-18-14)7-10(16-2)8-19-3/h4-6,10,16H,7-8H2,1-3H3. The Morgan fingerprint density at radius 3 is 2.90 bits per heavy atom. The SMILES string of the molecule is CNC(COC)Cc1nc(-c2ccc(C)cc2Br)no1. The maximum atomic E-state index is 5.31. The van der Waals surface area contributed by atoms with Crippen LogP contribution in [-0.2, 0) is 11.2 Å². The Hall–Kier alpha value is -1.24. The molecular formula is C14H18BrN3O2. The van der Waals surface area contributed by atoms with Gasteiger partial charge in [-0.2, -0.15) is 4.98 Å². The van der Waals surface area contributed by atoms with E-state index in [0.29, 0.717) is 24.7 Å². The average molecular weight is 340 g/mol. The predicted molar refractivity (Wildman–Crippen MR) is 80.6 cm³/mol. The van der Waals surface area contributed by atoms with Gasteiger partial charge in [-0.05, 0) is 31.7 Å². The number of benzene rings is 1. The maximum absolute atomic E-state index is 5.31. The van der Waals surface area contributed by atoms with Crippen LogP contribution in [-0.4, -0.2) is 36.9 Å². The largest absolute Gasteiger partial charge is 0.383 e. The van der Waals surface area contributed by atoms with E-state index < -0.39 is 0 Å². The molecule has 5 nitrogen and oxygen atoms in total. The van der Waals surface area contributed by atoms with Crippen LogP contribution < -0.4 is 5.32 Å². The molecule has 20 heavy (non-hydrogen) atoms. The summed E-state index contributed by atoms with van der Waals surface area (Å²) >= 11 is 3.53. The second-order valence-corrected chi connectivity index (χ2v) is 5.49. The molecule has 6 heteroatoms. The molecule has 1 aromatic heterocycles. The summed E-state index contributed by atoms with van der Waals surface area (Å²) in [5, 5.41) is 7.20. The van der Waals surface area contributed by atoms with Crippen LogP contribution in [0.4, 0.5) is 0 Å². The molecule has 0 amide bonds. The first-order valence-electron chi connectivity index (χ1n) is 6.39. The van der Waals surface area contributed by atoms with E-state index in [0.717, 1.165) is 10.0 Å². The van der Waals surface area contributed by atoms with E-state index in [2.05, 4.69) is 31.4 Å². The summed E-state index contributed by atoms with van der Waals surface area (Å²) in [6.07, 6.45) is 0.640. The molecule has 0 saturated carbocycles. The minimum Gasteiger partial charge on any atom is -0.383 e. The number of hydrogen-bond donors (Lipinski definition) is 1. The fourth-order valence-corrected chi connectivity index (χ4v) is 2.58. The van der Waals surface area contributed by atoms with E-state index in [1.54, 1.807) is 7.11 Å². The Labute approximate surface area is 126 Å². The fraction of sp³-hybridized carbons (Fsp3) is 0.429. The third-order valence-corrected chi connectivity index (χ3v) is 3.69. The normalized spacial score (nSPS) is 12.6. The Morgan fingerprint density at radius 1 is 1.45 bits per heavy atom. The van der Waals surface area contributed by atoms with Crippen molar-refractivity contribution in [3.05, 3.63) is 34.1 Å². The van der Waals surface area contributed by atoms with Crippen molar-refractivity contribution in [1.82, 2.24) is 15.5 Å².